The van der Waals surface area contributed by atoms with Gasteiger partial charge in [0.2, 0.25) is 0 Å². The van der Waals surface area contributed by atoms with E-state index in [1.807, 2.05) is 19.1 Å². The Morgan fingerprint density at radius 3 is 2.61 bits per heavy atom. The standard InChI is InChI=1S/C14H11ClFNO/c1-9-4-2-3-5-11(9)14(18)17-13-7-6-10(16)8-12(13)15/h2-8H,1H3,(H,17,18). The number of carbonyl (C=O) groups excluding carboxylic acids is 1. The number of nitrogens with one attached hydrogen (secondary N) is 1. The van der Waals surface area contributed by atoms with Gasteiger partial charge in [-0.25, -0.2) is 4.39 Å². The minimum Gasteiger partial charge on any atom is -0.321 e. The molecule has 2 aromatic carbocycles. The first-order valence-electron chi connectivity index (χ1n) is 5.40. The lowest BCUT2D eigenvalue weighted by atomic mass is 10.1. The summed E-state index contributed by atoms with van der Waals surface area (Å²) >= 11 is 5.85. The number of hydrogen-bond donors (Lipinski definition) is 1. The number of anilines is 1. The number of rotatable bonds is 2. The topological polar surface area (TPSA) is 29.1 Å². The van der Waals surface area contributed by atoms with Gasteiger partial charge in [-0.2, -0.15) is 0 Å². The van der Waals surface area contributed by atoms with Crippen LogP contribution < -0.4 is 5.32 Å². The van der Waals surface area contributed by atoms with Crippen LogP contribution in [0.2, 0.25) is 5.02 Å². The fourth-order valence-electron chi connectivity index (χ4n) is 1.61. The molecule has 1 N–H and O–H groups in total. The van der Waals surface area contributed by atoms with Crippen molar-refractivity contribution in [3.05, 3.63) is 64.4 Å². The second-order valence-corrected chi connectivity index (χ2v) is 4.30. The van der Waals surface area contributed by atoms with Crippen molar-refractivity contribution < 1.29 is 9.18 Å². The summed E-state index contributed by atoms with van der Waals surface area (Å²) in [5.74, 6) is -0.699. The Hall–Kier alpha value is -1.87. The van der Waals surface area contributed by atoms with E-state index in [9.17, 15) is 9.18 Å². The number of hydrogen-bond acceptors (Lipinski definition) is 1. The molecule has 2 nitrogen and oxygen atoms in total. The zero-order valence-electron chi connectivity index (χ0n) is 9.71. The highest BCUT2D eigenvalue weighted by Crippen LogP contribution is 2.23. The summed E-state index contributed by atoms with van der Waals surface area (Å²) in [4.78, 5) is 12.0. The van der Waals surface area contributed by atoms with E-state index in [1.165, 1.54) is 12.1 Å². The Morgan fingerprint density at radius 1 is 1.22 bits per heavy atom. The van der Waals surface area contributed by atoms with Crippen LogP contribution in [0.4, 0.5) is 10.1 Å². The molecule has 0 heterocycles. The smallest absolute Gasteiger partial charge is 0.255 e. The fourth-order valence-corrected chi connectivity index (χ4v) is 1.82. The van der Waals surface area contributed by atoms with Crippen molar-refractivity contribution in [2.45, 2.75) is 6.92 Å². The molecule has 0 aliphatic carbocycles. The van der Waals surface area contributed by atoms with E-state index in [-0.39, 0.29) is 10.9 Å². The molecule has 92 valence electrons. The Bertz CT molecular complexity index is 598. The molecule has 0 unspecified atom stereocenters. The number of carbonyl (C=O) groups is 1. The monoisotopic (exact) mass is 263 g/mol. The van der Waals surface area contributed by atoms with Crippen LogP contribution in [-0.4, -0.2) is 5.91 Å². The summed E-state index contributed by atoms with van der Waals surface area (Å²) in [7, 11) is 0. The van der Waals surface area contributed by atoms with E-state index >= 15 is 0 Å². The molecule has 0 saturated heterocycles. The second kappa shape index (κ2) is 5.19. The molecule has 2 rings (SSSR count). The maximum absolute atomic E-state index is 12.9. The van der Waals surface area contributed by atoms with Crippen molar-refractivity contribution in [3.63, 3.8) is 0 Å². The Morgan fingerprint density at radius 2 is 1.94 bits per heavy atom. The second-order valence-electron chi connectivity index (χ2n) is 3.89. The first-order chi connectivity index (χ1) is 8.58. The van der Waals surface area contributed by atoms with Gasteiger partial charge in [0.05, 0.1) is 10.7 Å². The van der Waals surface area contributed by atoms with Crippen molar-refractivity contribution in [1.82, 2.24) is 0 Å². The third-order valence-corrected chi connectivity index (χ3v) is 2.88. The minimum atomic E-state index is -0.436. The molecule has 0 atom stereocenters. The Balaban J connectivity index is 2.24. The number of amides is 1. The van der Waals surface area contributed by atoms with Gasteiger partial charge in [0.15, 0.2) is 0 Å². The molecule has 0 aliphatic rings. The summed E-state index contributed by atoms with van der Waals surface area (Å²) in [6.07, 6.45) is 0. The Labute approximate surface area is 109 Å². The summed E-state index contributed by atoms with van der Waals surface area (Å²) in [5.41, 5.74) is 1.83. The van der Waals surface area contributed by atoms with Crippen LogP contribution in [0.15, 0.2) is 42.5 Å². The fraction of sp³-hybridized carbons (Fsp3) is 0.0714. The van der Waals surface area contributed by atoms with Crippen molar-refractivity contribution in [2.24, 2.45) is 0 Å². The molecular formula is C14H11ClFNO. The molecule has 4 heteroatoms. The first-order valence-corrected chi connectivity index (χ1v) is 5.78. The summed E-state index contributed by atoms with van der Waals surface area (Å²) in [6.45, 7) is 1.85. The van der Waals surface area contributed by atoms with Gasteiger partial charge in [0, 0.05) is 5.56 Å². The highest BCUT2D eigenvalue weighted by Gasteiger charge is 2.10. The SMILES string of the molecule is Cc1ccccc1C(=O)Nc1ccc(F)cc1Cl. The lowest BCUT2D eigenvalue weighted by Gasteiger charge is -2.08. The Kier molecular flexibility index (Phi) is 3.63. The van der Waals surface area contributed by atoms with Gasteiger partial charge >= 0.3 is 0 Å². The quantitative estimate of drug-likeness (QED) is 0.870. The molecule has 0 aliphatic heterocycles. The van der Waals surface area contributed by atoms with Crippen LogP contribution in [0.5, 0.6) is 0 Å². The first kappa shape index (κ1) is 12.6. The van der Waals surface area contributed by atoms with Crippen LogP contribution in [0.1, 0.15) is 15.9 Å². The number of aryl methyl sites for hydroxylation is 1. The zero-order valence-corrected chi connectivity index (χ0v) is 10.5. The third kappa shape index (κ3) is 2.68. The predicted octanol–water partition coefficient (Wildman–Crippen LogP) is 4.04. The van der Waals surface area contributed by atoms with E-state index in [0.29, 0.717) is 11.3 Å². The van der Waals surface area contributed by atoms with Crippen LogP contribution in [0.25, 0.3) is 0 Å². The van der Waals surface area contributed by atoms with Crippen molar-refractivity contribution >= 4 is 23.2 Å². The van der Waals surface area contributed by atoms with E-state index in [1.54, 1.807) is 12.1 Å². The van der Waals surface area contributed by atoms with Crippen molar-refractivity contribution in [3.8, 4) is 0 Å². The third-order valence-electron chi connectivity index (χ3n) is 2.57. The van der Waals surface area contributed by atoms with Gasteiger partial charge in [-0.15, -0.1) is 0 Å². The summed E-state index contributed by atoms with van der Waals surface area (Å²) < 4.78 is 12.9. The number of halogens is 2. The van der Waals surface area contributed by atoms with Crippen molar-refractivity contribution in [1.29, 1.82) is 0 Å². The highest BCUT2D eigenvalue weighted by molar-refractivity contribution is 6.33. The molecule has 2 aromatic rings. The van der Waals surface area contributed by atoms with Gasteiger partial charge in [-0.3, -0.25) is 4.79 Å². The highest BCUT2D eigenvalue weighted by atomic mass is 35.5. The average Bonchev–Trinajstić information content (AvgIpc) is 2.33. The van der Waals surface area contributed by atoms with E-state index in [2.05, 4.69) is 5.32 Å². The van der Waals surface area contributed by atoms with Gasteiger partial charge < -0.3 is 5.32 Å². The van der Waals surface area contributed by atoms with Crippen LogP contribution in [-0.2, 0) is 0 Å². The van der Waals surface area contributed by atoms with E-state index in [0.717, 1.165) is 11.6 Å². The maximum atomic E-state index is 12.9. The molecule has 18 heavy (non-hydrogen) atoms. The normalized spacial score (nSPS) is 10.2. The molecule has 0 fully saturated rings. The average molecular weight is 264 g/mol. The molecular weight excluding hydrogens is 253 g/mol. The minimum absolute atomic E-state index is 0.178. The van der Waals surface area contributed by atoms with Gasteiger partial charge in [0.25, 0.3) is 5.91 Å². The molecule has 1 amide bonds. The van der Waals surface area contributed by atoms with Gasteiger partial charge in [-0.1, -0.05) is 29.8 Å². The van der Waals surface area contributed by atoms with Crippen LogP contribution in [0, 0.1) is 12.7 Å². The largest absolute Gasteiger partial charge is 0.321 e. The summed E-state index contributed by atoms with van der Waals surface area (Å²) in [6, 6.07) is 11.1. The predicted molar refractivity (Wildman–Crippen MR) is 70.5 cm³/mol. The zero-order chi connectivity index (χ0) is 13.1. The van der Waals surface area contributed by atoms with Gasteiger partial charge in [-0.05, 0) is 36.8 Å². The lowest BCUT2D eigenvalue weighted by molar-refractivity contribution is 0.102. The van der Waals surface area contributed by atoms with E-state index in [4.69, 9.17) is 11.6 Å². The lowest BCUT2D eigenvalue weighted by Crippen LogP contribution is -2.13. The maximum Gasteiger partial charge on any atom is 0.255 e. The van der Waals surface area contributed by atoms with Crippen LogP contribution >= 0.6 is 11.6 Å². The van der Waals surface area contributed by atoms with E-state index < -0.39 is 5.82 Å². The summed E-state index contributed by atoms with van der Waals surface area (Å²) in [5, 5.41) is 2.83. The molecule has 0 aromatic heterocycles. The molecule has 0 saturated carbocycles. The molecule has 0 bridgehead atoms. The molecule has 0 spiro atoms. The van der Waals surface area contributed by atoms with Crippen molar-refractivity contribution in [2.75, 3.05) is 5.32 Å². The van der Waals surface area contributed by atoms with Crippen LogP contribution in [0.3, 0.4) is 0 Å². The number of benzene rings is 2. The van der Waals surface area contributed by atoms with Gasteiger partial charge in [0.1, 0.15) is 5.82 Å². The molecule has 0 radical (unpaired) electrons.